The molecule has 176 valence electrons. The van der Waals surface area contributed by atoms with Crippen molar-refractivity contribution >= 4 is 44.6 Å². The number of carbonyl (C=O) groups is 2. The molecule has 0 aliphatic rings. The Kier molecular flexibility index (Phi) is 6.79. The monoisotopic (exact) mass is 486 g/mol. The van der Waals surface area contributed by atoms with Crippen molar-refractivity contribution in [1.82, 2.24) is 0 Å². The van der Waals surface area contributed by atoms with Crippen molar-refractivity contribution in [2.45, 2.75) is 4.90 Å². The van der Waals surface area contributed by atoms with E-state index in [9.17, 15) is 18.0 Å². The number of carbonyl (C=O) groups excluding carboxylic acids is 2. The highest BCUT2D eigenvalue weighted by atomic mass is 32.2. The maximum absolute atomic E-state index is 12.7. The molecule has 8 nitrogen and oxygen atoms in total. The van der Waals surface area contributed by atoms with Gasteiger partial charge in [0.1, 0.15) is 0 Å². The van der Waals surface area contributed by atoms with Gasteiger partial charge in [-0.15, -0.1) is 0 Å². The smallest absolute Gasteiger partial charge is 0.261 e. The maximum atomic E-state index is 12.7. The maximum Gasteiger partial charge on any atom is 0.261 e. The van der Waals surface area contributed by atoms with Crippen LogP contribution in [0.25, 0.3) is 0 Å². The van der Waals surface area contributed by atoms with E-state index in [-0.39, 0.29) is 10.8 Å². The van der Waals surface area contributed by atoms with Gasteiger partial charge in [0.25, 0.3) is 21.8 Å². The van der Waals surface area contributed by atoms with Crippen molar-refractivity contribution in [3.63, 3.8) is 0 Å². The quantitative estimate of drug-likeness (QED) is 0.284. The number of nitrogens with one attached hydrogen (secondary N) is 3. The summed E-state index contributed by atoms with van der Waals surface area (Å²) in [5.41, 5.74) is 8.28. The third-order valence-corrected chi connectivity index (χ3v) is 6.40. The van der Waals surface area contributed by atoms with Crippen molar-refractivity contribution in [2.75, 3.05) is 21.1 Å². The van der Waals surface area contributed by atoms with Crippen LogP contribution in [0.4, 0.5) is 22.7 Å². The van der Waals surface area contributed by atoms with Gasteiger partial charge in [0.15, 0.2) is 0 Å². The first-order valence-corrected chi connectivity index (χ1v) is 12.0. The van der Waals surface area contributed by atoms with Crippen molar-refractivity contribution in [2.24, 2.45) is 0 Å². The summed E-state index contributed by atoms with van der Waals surface area (Å²) in [4.78, 5) is 25.2. The number of amides is 2. The summed E-state index contributed by atoms with van der Waals surface area (Å²) < 4.78 is 27.6. The molecular formula is C26H22N4O4S. The zero-order valence-corrected chi connectivity index (χ0v) is 19.3. The van der Waals surface area contributed by atoms with Gasteiger partial charge < -0.3 is 16.4 Å². The number of nitrogens with two attached hydrogens (primary N) is 1. The molecule has 2 amide bonds. The number of benzene rings is 4. The molecule has 5 N–H and O–H groups in total. The van der Waals surface area contributed by atoms with Crippen molar-refractivity contribution < 1.29 is 18.0 Å². The van der Waals surface area contributed by atoms with Gasteiger partial charge in [-0.2, -0.15) is 0 Å². The molecule has 0 saturated heterocycles. The second-order valence-electron chi connectivity index (χ2n) is 7.61. The van der Waals surface area contributed by atoms with E-state index >= 15 is 0 Å². The summed E-state index contributed by atoms with van der Waals surface area (Å²) in [6.45, 7) is 0. The molecule has 0 aromatic heterocycles. The van der Waals surface area contributed by atoms with E-state index in [2.05, 4.69) is 15.4 Å². The van der Waals surface area contributed by atoms with Crippen molar-refractivity contribution in [3.05, 3.63) is 114 Å². The molecule has 0 bridgehead atoms. The summed E-state index contributed by atoms with van der Waals surface area (Å²) in [6.07, 6.45) is 0. The van der Waals surface area contributed by atoms with E-state index in [0.717, 1.165) is 0 Å². The van der Waals surface area contributed by atoms with Crippen molar-refractivity contribution in [3.8, 4) is 0 Å². The third kappa shape index (κ3) is 6.04. The third-order valence-electron chi connectivity index (χ3n) is 5.00. The van der Waals surface area contributed by atoms with Gasteiger partial charge in [-0.3, -0.25) is 14.3 Å². The van der Waals surface area contributed by atoms with Gasteiger partial charge in [-0.1, -0.05) is 24.3 Å². The van der Waals surface area contributed by atoms with Crippen LogP contribution in [0.15, 0.2) is 108 Å². The van der Waals surface area contributed by atoms with Gasteiger partial charge in [0.2, 0.25) is 0 Å². The fourth-order valence-corrected chi connectivity index (χ4v) is 4.28. The predicted molar refractivity (Wildman–Crippen MR) is 137 cm³/mol. The molecule has 0 fully saturated rings. The average molecular weight is 487 g/mol. The van der Waals surface area contributed by atoms with Gasteiger partial charge in [0.05, 0.1) is 4.90 Å². The fourth-order valence-electron chi connectivity index (χ4n) is 3.22. The number of rotatable bonds is 7. The van der Waals surface area contributed by atoms with Gasteiger partial charge in [0, 0.05) is 33.9 Å². The van der Waals surface area contributed by atoms with Crippen LogP contribution in [0.1, 0.15) is 20.7 Å². The summed E-state index contributed by atoms with van der Waals surface area (Å²) >= 11 is 0. The highest BCUT2D eigenvalue weighted by molar-refractivity contribution is 7.92. The Hall–Kier alpha value is -4.63. The lowest BCUT2D eigenvalue weighted by molar-refractivity contribution is 0.101. The second-order valence-corrected chi connectivity index (χ2v) is 9.29. The molecular weight excluding hydrogens is 464 g/mol. The molecule has 4 aromatic rings. The Labute approximate surface area is 202 Å². The standard InChI is InChI=1S/C26H22N4O4S/c27-20-11-9-18(10-12-20)25(31)29-23-8-4-5-19(17-23)26(32)28-21-13-15-24(16-14-21)35(33,34)30-22-6-2-1-3-7-22/h1-17,30H,27H2,(H,28,32)(H,29,31). The van der Waals surface area contributed by atoms with Gasteiger partial charge in [-0.05, 0) is 78.9 Å². The zero-order valence-electron chi connectivity index (χ0n) is 18.4. The van der Waals surface area contributed by atoms with Crippen LogP contribution in [0, 0.1) is 0 Å². The van der Waals surface area contributed by atoms with E-state index in [4.69, 9.17) is 5.73 Å². The fraction of sp³-hybridized carbons (Fsp3) is 0. The normalized spacial score (nSPS) is 10.9. The lowest BCUT2D eigenvalue weighted by atomic mass is 10.1. The summed E-state index contributed by atoms with van der Waals surface area (Å²) in [5, 5.41) is 5.47. The Morgan fingerprint density at radius 2 is 1.20 bits per heavy atom. The Morgan fingerprint density at radius 1 is 0.600 bits per heavy atom. The van der Waals surface area contributed by atoms with Crippen LogP contribution >= 0.6 is 0 Å². The summed E-state index contributed by atoms with van der Waals surface area (Å²) in [6, 6.07) is 27.3. The Balaban J connectivity index is 1.41. The molecule has 0 aliphatic heterocycles. The molecule has 35 heavy (non-hydrogen) atoms. The van der Waals surface area contributed by atoms with Gasteiger partial charge in [-0.25, -0.2) is 8.42 Å². The minimum Gasteiger partial charge on any atom is -0.399 e. The first-order chi connectivity index (χ1) is 16.8. The highest BCUT2D eigenvalue weighted by Crippen LogP contribution is 2.19. The van der Waals surface area contributed by atoms with E-state index in [1.807, 2.05) is 0 Å². The van der Waals surface area contributed by atoms with Crippen LogP contribution in [0.3, 0.4) is 0 Å². The van der Waals surface area contributed by atoms with E-state index < -0.39 is 15.9 Å². The molecule has 0 aliphatic carbocycles. The first kappa shape index (κ1) is 23.5. The van der Waals surface area contributed by atoms with Crippen molar-refractivity contribution in [1.29, 1.82) is 0 Å². The van der Waals surface area contributed by atoms with Gasteiger partial charge >= 0.3 is 0 Å². The summed E-state index contributed by atoms with van der Waals surface area (Å²) in [5.74, 6) is -0.741. The molecule has 0 unspecified atom stereocenters. The minimum absolute atomic E-state index is 0.0618. The van der Waals surface area contributed by atoms with Crippen LogP contribution in [-0.4, -0.2) is 20.2 Å². The van der Waals surface area contributed by atoms with E-state index in [1.165, 1.54) is 24.3 Å². The number of hydrogen-bond donors (Lipinski definition) is 4. The molecule has 0 radical (unpaired) electrons. The molecule has 4 aromatic carbocycles. The number of hydrogen-bond acceptors (Lipinski definition) is 5. The zero-order chi connectivity index (χ0) is 24.8. The lowest BCUT2D eigenvalue weighted by Crippen LogP contribution is -2.15. The predicted octanol–water partition coefficient (Wildman–Crippen LogP) is 4.57. The lowest BCUT2D eigenvalue weighted by Gasteiger charge is -2.10. The number of sulfonamides is 1. The number of anilines is 4. The SMILES string of the molecule is Nc1ccc(C(=O)Nc2cccc(C(=O)Nc3ccc(S(=O)(=O)Nc4ccccc4)cc3)c2)cc1. The largest absolute Gasteiger partial charge is 0.399 e. The Bertz CT molecular complexity index is 1450. The summed E-state index contributed by atoms with van der Waals surface area (Å²) in [7, 11) is -3.76. The van der Waals surface area contributed by atoms with Crippen LogP contribution < -0.4 is 21.1 Å². The molecule has 0 spiro atoms. The molecule has 0 saturated carbocycles. The number of nitrogen functional groups attached to an aromatic ring is 1. The first-order valence-electron chi connectivity index (χ1n) is 10.6. The van der Waals surface area contributed by atoms with Crippen LogP contribution in [0.2, 0.25) is 0 Å². The van der Waals surface area contributed by atoms with Crippen LogP contribution in [0.5, 0.6) is 0 Å². The molecule has 0 heterocycles. The number of para-hydroxylation sites is 1. The molecule has 9 heteroatoms. The molecule has 4 rings (SSSR count). The van der Waals surface area contributed by atoms with E-state index in [1.54, 1.807) is 78.9 Å². The van der Waals surface area contributed by atoms with Crippen LogP contribution in [-0.2, 0) is 10.0 Å². The second kappa shape index (κ2) is 10.1. The highest BCUT2D eigenvalue weighted by Gasteiger charge is 2.15. The molecule has 0 atom stereocenters. The topological polar surface area (TPSA) is 130 Å². The Morgan fingerprint density at radius 3 is 1.89 bits per heavy atom. The van der Waals surface area contributed by atoms with E-state index in [0.29, 0.717) is 33.9 Å². The minimum atomic E-state index is -3.76. The average Bonchev–Trinajstić information content (AvgIpc) is 2.85.